The highest BCUT2D eigenvalue weighted by molar-refractivity contribution is 5.99. The molecule has 1 fully saturated rings. The maximum atomic E-state index is 15.0. The van der Waals surface area contributed by atoms with Crippen molar-refractivity contribution in [2.45, 2.75) is 190 Å². The maximum Gasteiger partial charge on any atom is 0.246 e. The summed E-state index contributed by atoms with van der Waals surface area (Å²) in [6.07, 6.45) is 3.17. The lowest BCUT2D eigenvalue weighted by molar-refractivity contribution is -0.157. The summed E-state index contributed by atoms with van der Waals surface area (Å²) in [4.78, 5) is 164. The molecule has 450 valence electrons. The second-order valence-electron chi connectivity index (χ2n) is 22.9. The number of allylic oxidation sites excluding steroid dienone is 2. The molecule has 5 N–H and O–H groups in total. The molecule has 11 amide bonds. The number of likely N-dealkylation sites (N-methyl/N-ethyl adjacent to an activating group) is 7. The Kier molecular flexibility index (Phi) is 28.9. The average Bonchev–Trinajstić information content (AvgIpc) is 3.37. The number of aliphatic hydroxyl groups is 1. The van der Waals surface area contributed by atoms with Crippen LogP contribution in [0.15, 0.2) is 12.2 Å². The maximum absolute atomic E-state index is 15.0. The van der Waals surface area contributed by atoms with E-state index in [0.717, 1.165) is 14.7 Å². The zero-order valence-corrected chi connectivity index (χ0v) is 51.3. The normalized spacial score (nSPS) is 27.3. The van der Waals surface area contributed by atoms with E-state index in [-0.39, 0.29) is 31.1 Å². The average molecular weight is 1120 g/mol. The van der Waals surface area contributed by atoms with Crippen LogP contribution in [0.25, 0.3) is 0 Å². The molecule has 1 aliphatic rings. The van der Waals surface area contributed by atoms with Crippen LogP contribution in [-0.2, 0) is 52.7 Å². The van der Waals surface area contributed by atoms with Gasteiger partial charge in [0.2, 0.25) is 65.0 Å². The highest BCUT2D eigenvalue weighted by atomic mass is 16.3. The van der Waals surface area contributed by atoms with E-state index in [2.05, 4.69) is 21.3 Å². The van der Waals surface area contributed by atoms with Crippen LogP contribution < -0.4 is 21.3 Å². The number of hydrogen-bond donors (Lipinski definition) is 5. The van der Waals surface area contributed by atoms with E-state index in [1.165, 1.54) is 89.7 Å². The van der Waals surface area contributed by atoms with E-state index in [4.69, 9.17) is 0 Å². The Morgan fingerprint density at radius 2 is 0.975 bits per heavy atom. The van der Waals surface area contributed by atoms with Gasteiger partial charge in [0, 0.05) is 49.3 Å². The Balaban J connectivity index is 4.15. The van der Waals surface area contributed by atoms with E-state index in [9.17, 15) is 48.3 Å². The van der Waals surface area contributed by atoms with Crippen molar-refractivity contribution >= 4 is 65.0 Å². The van der Waals surface area contributed by atoms with Crippen LogP contribution in [0, 0.1) is 29.6 Å². The molecule has 79 heavy (non-hydrogen) atoms. The number of nitrogens with one attached hydrogen (secondary N) is 4. The van der Waals surface area contributed by atoms with Gasteiger partial charge in [-0.25, -0.2) is 0 Å². The molecule has 1 rings (SSSR count). The molecule has 23 nitrogen and oxygen atoms in total. The van der Waals surface area contributed by atoms with Crippen molar-refractivity contribution < 1.29 is 57.8 Å². The topological polar surface area (TPSA) is 279 Å². The summed E-state index contributed by atoms with van der Waals surface area (Å²) in [7, 11) is 9.74. The summed E-state index contributed by atoms with van der Waals surface area (Å²) in [5.41, 5.74) is 0. The van der Waals surface area contributed by atoms with Crippen molar-refractivity contribution in [3.63, 3.8) is 0 Å². The fourth-order valence-electron chi connectivity index (χ4n) is 9.75. The Bertz CT molecular complexity index is 2170. The molecule has 23 heteroatoms. The summed E-state index contributed by atoms with van der Waals surface area (Å²) in [6, 6.07) is -11.1. The number of carbonyl (C=O) groups excluding carboxylic acids is 11. The van der Waals surface area contributed by atoms with Crippen molar-refractivity contribution in [3.8, 4) is 0 Å². The van der Waals surface area contributed by atoms with Gasteiger partial charge in [-0.1, -0.05) is 87.8 Å². The van der Waals surface area contributed by atoms with E-state index in [0.29, 0.717) is 12.8 Å². The molecule has 0 radical (unpaired) electrons. The molecule has 0 aromatic rings. The number of rotatable bonds is 12. The van der Waals surface area contributed by atoms with Crippen molar-refractivity contribution in [1.29, 1.82) is 0 Å². The summed E-state index contributed by atoms with van der Waals surface area (Å²) in [5, 5.41) is 22.5. The molecule has 12 atom stereocenters. The fourth-order valence-corrected chi connectivity index (χ4v) is 9.75. The van der Waals surface area contributed by atoms with Gasteiger partial charge in [0.05, 0.1) is 19.2 Å². The lowest BCUT2D eigenvalue weighted by atomic mass is 9.91. The smallest absolute Gasteiger partial charge is 0.246 e. The van der Waals surface area contributed by atoms with E-state index < -0.39 is 156 Å². The first-order chi connectivity index (χ1) is 36.5. The molecule has 1 heterocycles. The summed E-state index contributed by atoms with van der Waals surface area (Å²) in [6.45, 7) is 22.8. The lowest BCUT2D eigenvalue weighted by Crippen LogP contribution is -2.63. The molecule has 0 aliphatic carbocycles. The first-order valence-electron chi connectivity index (χ1n) is 27.9. The van der Waals surface area contributed by atoms with Crippen molar-refractivity contribution in [2.24, 2.45) is 29.6 Å². The van der Waals surface area contributed by atoms with Crippen LogP contribution in [0.5, 0.6) is 0 Å². The predicted molar refractivity (Wildman–Crippen MR) is 301 cm³/mol. The van der Waals surface area contributed by atoms with Crippen LogP contribution in [0.4, 0.5) is 0 Å². The molecule has 0 aromatic carbocycles. The highest BCUT2D eigenvalue weighted by Crippen LogP contribution is 2.25. The van der Waals surface area contributed by atoms with E-state index in [1.54, 1.807) is 53.7 Å². The molecule has 0 aromatic heterocycles. The second-order valence-corrected chi connectivity index (χ2v) is 22.9. The quantitative estimate of drug-likeness (QED) is 0.173. The van der Waals surface area contributed by atoms with Crippen molar-refractivity contribution in [1.82, 2.24) is 55.6 Å². The number of hydrogen-bond acceptors (Lipinski definition) is 12. The van der Waals surface area contributed by atoms with Gasteiger partial charge in [0.15, 0.2) is 0 Å². The Labute approximate surface area is 470 Å². The minimum Gasteiger partial charge on any atom is -0.390 e. The highest BCUT2D eigenvalue weighted by Gasteiger charge is 2.45. The molecule has 1 unspecified atom stereocenters. The fraction of sp³-hybridized carbons (Fsp3) is 0.768. The summed E-state index contributed by atoms with van der Waals surface area (Å²) < 4.78 is 0. The van der Waals surface area contributed by atoms with Gasteiger partial charge in [0.1, 0.15) is 54.4 Å². The Morgan fingerprint density at radius 3 is 1.46 bits per heavy atom. The number of nitrogens with zero attached hydrogens (tertiary/aromatic N) is 7. The second kappa shape index (κ2) is 32.2. The monoisotopic (exact) mass is 1120 g/mol. The van der Waals surface area contributed by atoms with Gasteiger partial charge in [-0.3, -0.25) is 52.7 Å². The van der Waals surface area contributed by atoms with Gasteiger partial charge >= 0.3 is 0 Å². The Hall–Kier alpha value is -6.13. The summed E-state index contributed by atoms with van der Waals surface area (Å²) in [5.74, 6) is -9.51. The van der Waals surface area contributed by atoms with Crippen LogP contribution in [0.2, 0.25) is 0 Å². The van der Waals surface area contributed by atoms with Gasteiger partial charge in [0.25, 0.3) is 0 Å². The summed E-state index contributed by atoms with van der Waals surface area (Å²) >= 11 is 0. The van der Waals surface area contributed by atoms with Crippen LogP contribution in [0.3, 0.4) is 0 Å². The third-order valence-electron chi connectivity index (χ3n) is 14.9. The third kappa shape index (κ3) is 19.6. The number of carbonyl (C=O) groups is 11. The Morgan fingerprint density at radius 1 is 0.519 bits per heavy atom. The largest absolute Gasteiger partial charge is 0.390 e. The molecular weight excluding hydrogens is 1020 g/mol. The SMILES string of the molecule is C/C=C/C[C@@H](C)[C@@H](O)[C@H]1C(=O)N[C@@H](CC)C(=O)N(C)CC(=O)N(C)[C@@H](C(C)CC)C(=O)N[C@@H](C)C(=O)N(C)CC(=O)N[C@@H](C)C(=O)N[C@H](C)C(=O)N(C)[C@@H](CC(C)C)C(=O)N(C)[C@@H](CC(C)C)C(=O)N(C)[C@@H](C(C)C)C(=O)N1C. The van der Waals surface area contributed by atoms with Gasteiger partial charge in [-0.05, 0) is 83.0 Å². The standard InChI is InChI=1S/C56H99N11O12/c1-22-25-26-35(11)47(70)46-50(73)60-39(24-3)53(76)62(16)30-43(69)65(19)45(34(10)23-2)49(72)59-37(13)51(74)61(15)29-42(68)57-36(12)48(71)58-38(14)52(75)63(17)40(27-31(4)5)54(77)64(18)41(28-32(6)7)55(78)66(20)44(33(8)9)56(79)67(46)21/h22,25,31-41,44-47,70H,23-24,26-30H2,1-21H3,(H,57,68)(H,58,71)(H,59,72)(H,60,73)/b25-22+/t34?,35-,36+,37+,38-,39+,40+,41+,44+,45+,46+,47-/m1/s1. The third-order valence-corrected chi connectivity index (χ3v) is 14.9. The van der Waals surface area contributed by atoms with E-state index >= 15 is 9.59 Å². The lowest BCUT2D eigenvalue weighted by Gasteiger charge is -2.41. The van der Waals surface area contributed by atoms with Crippen LogP contribution in [-0.4, -0.2) is 227 Å². The van der Waals surface area contributed by atoms with Crippen molar-refractivity contribution in [2.75, 3.05) is 62.4 Å². The minimum atomic E-state index is -1.60. The van der Waals surface area contributed by atoms with Gasteiger partial charge in [-0.2, -0.15) is 0 Å². The van der Waals surface area contributed by atoms with Gasteiger partial charge < -0.3 is 60.7 Å². The number of amides is 11. The van der Waals surface area contributed by atoms with E-state index in [1.807, 2.05) is 34.6 Å². The zero-order chi connectivity index (χ0) is 61.2. The molecule has 0 saturated carbocycles. The molecule has 0 spiro atoms. The molecule has 1 saturated heterocycles. The predicted octanol–water partition coefficient (Wildman–Crippen LogP) is 1.22. The molecular formula is C56H99N11O12. The van der Waals surface area contributed by atoms with Crippen molar-refractivity contribution in [3.05, 3.63) is 12.2 Å². The zero-order valence-electron chi connectivity index (χ0n) is 51.3. The van der Waals surface area contributed by atoms with Gasteiger partial charge in [-0.15, -0.1) is 0 Å². The minimum absolute atomic E-state index is 0.0256. The van der Waals surface area contributed by atoms with Crippen LogP contribution in [0.1, 0.15) is 129 Å². The number of aliphatic hydroxyl groups excluding tert-OH is 1. The first kappa shape index (κ1) is 70.9. The molecule has 0 bridgehead atoms. The first-order valence-corrected chi connectivity index (χ1v) is 27.9. The molecule has 1 aliphatic heterocycles. The van der Waals surface area contributed by atoms with Crippen LogP contribution >= 0.6 is 0 Å².